The van der Waals surface area contributed by atoms with Gasteiger partial charge in [0, 0.05) is 11.9 Å². The van der Waals surface area contributed by atoms with Crippen molar-refractivity contribution in [2.75, 3.05) is 26.2 Å². The molecule has 0 aliphatic heterocycles. The minimum atomic E-state index is -1.18. The summed E-state index contributed by atoms with van der Waals surface area (Å²) in [6.45, 7) is 8.23. The van der Waals surface area contributed by atoms with Gasteiger partial charge in [0.15, 0.2) is 0 Å². The first-order valence-electron chi connectivity index (χ1n) is 16.2. The lowest BCUT2D eigenvalue weighted by Crippen LogP contribution is -2.58. The normalized spacial score (nSPS) is 15.5. The van der Waals surface area contributed by atoms with Crippen molar-refractivity contribution in [2.45, 2.75) is 137 Å². The van der Waals surface area contributed by atoms with Crippen LogP contribution in [0.4, 0.5) is 0 Å². The Morgan fingerprint density at radius 1 is 0.600 bits per heavy atom. The van der Waals surface area contributed by atoms with E-state index < -0.39 is 35.7 Å². The number of carboxylic acids is 3. The lowest BCUT2D eigenvalue weighted by molar-refractivity contribution is -0.934. The van der Waals surface area contributed by atoms with E-state index in [0.29, 0.717) is 6.54 Å². The summed E-state index contributed by atoms with van der Waals surface area (Å²) < 4.78 is 0.180. The maximum absolute atomic E-state index is 11.6. The Morgan fingerprint density at radius 2 is 0.950 bits per heavy atom. The molecule has 7 nitrogen and oxygen atoms in total. The molecule has 0 radical (unpaired) electrons. The number of aliphatic carboxylic acids is 3. The second kappa shape index (κ2) is 23.8. The van der Waals surface area contributed by atoms with Crippen molar-refractivity contribution in [3.05, 3.63) is 12.2 Å². The molecule has 0 aromatic rings. The van der Waals surface area contributed by atoms with Crippen LogP contribution in [0.3, 0.4) is 0 Å². The summed E-state index contributed by atoms with van der Waals surface area (Å²) in [6.07, 6.45) is 25.6. The minimum absolute atomic E-state index is 0.180. The molecule has 0 fully saturated rings. The highest BCUT2D eigenvalue weighted by Gasteiger charge is 2.36. The number of allylic oxidation sites excluding steroid dienone is 2. The number of nitrogens with zero attached hydrogens (tertiary/aromatic N) is 1. The smallest absolute Gasteiger partial charge is 0.311 e. The van der Waals surface area contributed by atoms with Gasteiger partial charge in [-0.25, -0.2) is 0 Å². The predicted molar refractivity (Wildman–Crippen MR) is 161 cm³/mol. The van der Waals surface area contributed by atoms with Gasteiger partial charge in [0.25, 0.3) is 0 Å². The zero-order valence-corrected chi connectivity index (χ0v) is 26.2. The third-order valence-corrected chi connectivity index (χ3v) is 8.12. The van der Waals surface area contributed by atoms with Gasteiger partial charge in [-0.1, -0.05) is 96.6 Å². The van der Waals surface area contributed by atoms with Crippen molar-refractivity contribution >= 4 is 17.9 Å². The topological polar surface area (TPSA) is 115 Å². The van der Waals surface area contributed by atoms with E-state index in [1.807, 2.05) is 0 Å². The molecule has 0 aromatic carbocycles. The lowest BCUT2D eigenvalue weighted by atomic mass is 10.0. The molecule has 0 heterocycles. The van der Waals surface area contributed by atoms with E-state index in [9.17, 15) is 29.7 Å². The molecule has 3 atom stereocenters. The van der Waals surface area contributed by atoms with Crippen LogP contribution in [-0.4, -0.2) is 58.8 Å². The Balaban J connectivity index is 4.34. The number of unbranched alkanes of at least 4 members (excludes halogenated alkanes) is 15. The average molecular weight is 568 g/mol. The molecular weight excluding hydrogens is 506 g/mol. The Hall–Kier alpha value is -1.89. The van der Waals surface area contributed by atoms with Crippen LogP contribution in [0, 0.1) is 17.8 Å². The van der Waals surface area contributed by atoms with Crippen LogP contribution >= 0.6 is 0 Å². The van der Waals surface area contributed by atoms with Gasteiger partial charge in [0.05, 0.1) is 26.2 Å². The van der Waals surface area contributed by atoms with Gasteiger partial charge in [-0.3, -0.25) is 9.59 Å². The number of carbonyl (C=O) groups excluding carboxylic acids is 1. The number of hydrogen-bond donors (Lipinski definition) is 2. The van der Waals surface area contributed by atoms with E-state index in [1.165, 1.54) is 77.0 Å². The summed E-state index contributed by atoms with van der Waals surface area (Å²) in [7, 11) is 0. The van der Waals surface area contributed by atoms with E-state index in [0.717, 1.165) is 32.1 Å². The van der Waals surface area contributed by atoms with E-state index in [2.05, 4.69) is 19.1 Å². The van der Waals surface area contributed by atoms with E-state index in [4.69, 9.17) is 0 Å². The fourth-order valence-corrected chi connectivity index (χ4v) is 5.70. The largest absolute Gasteiger partial charge is 0.550 e. The van der Waals surface area contributed by atoms with Crippen LogP contribution in [-0.2, 0) is 14.4 Å². The summed E-state index contributed by atoms with van der Waals surface area (Å²) >= 11 is 0. The SMILES string of the molecule is CCCCCCCCCCC/C=C/CCCCCCCC[N+](CC(C)C(=O)[O-])(CC(C)C(=O)O)CC(C)C(=O)O. The molecule has 0 saturated carbocycles. The number of hydrogen-bond acceptors (Lipinski definition) is 4. The molecule has 0 aromatic heterocycles. The second-order valence-electron chi connectivity index (χ2n) is 12.3. The number of carboxylic acid groups (broad SMARTS) is 3. The van der Waals surface area contributed by atoms with E-state index >= 15 is 0 Å². The average Bonchev–Trinajstić information content (AvgIpc) is 2.89. The third-order valence-electron chi connectivity index (χ3n) is 8.12. The molecule has 0 rings (SSSR count). The first-order valence-corrected chi connectivity index (χ1v) is 16.2. The molecule has 0 aliphatic carbocycles. The van der Waals surface area contributed by atoms with Crippen LogP contribution < -0.4 is 5.11 Å². The van der Waals surface area contributed by atoms with E-state index in [1.54, 1.807) is 20.8 Å². The van der Waals surface area contributed by atoms with Gasteiger partial charge in [-0.15, -0.1) is 0 Å². The standard InChI is InChI=1S/C33H61NO6/c1-5-6-7-8-9-10-11-12-13-14-15-16-17-18-19-20-21-22-23-24-34(25-28(2)31(35)36,26-29(3)32(37)38)27-30(4)33(39)40/h15-16,28-30H,5-14,17-27H2,1-4H3,(H2-,35,36,37,38,39,40)/b16-15+. The molecule has 0 amide bonds. The van der Waals surface area contributed by atoms with E-state index in [-0.39, 0.29) is 24.1 Å². The lowest BCUT2D eigenvalue weighted by Gasteiger charge is -2.43. The number of rotatable bonds is 28. The Labute approximate surface area is 245 Å². The van der Waals surface area contributed by atoms with Crippen LogP contribution in [0.1, 0.15) is 137 Å². The Morgan fingerprint density at radius 3 is 1.32 bits per heavy atom. The third kappa shape index (κ3) is 20.1. The predicted octanol–water partition coefficient (Wildman–Crippen LogP) is 6.84. The maximum Gasteiger partial charge on any atom is 0.311 e. The maximum atomic E-state index is 11.6. The van der Waals surface area contributed by atoms with Crippen molar-refractivity contribution in [3.8, 4) is 0 Å². The van der Waals surface area contributed by atoms with Gasteiger partial charge >= 0.3 is 11.9 Å². The van der Waals surface area contributed by atoms with Gasteiger partial charge in [-0.2, -0.15) is 0 Å². The molecule has 0 spiro atoms. The fraction of sp³-hybridized carbons (Fsp3) is 0.848. The van der Waals surface area contributed by atoms with Crippen molar-refractivity contribution in [2.24, 2.45) is 17.8 Å². The quantitative estimate of drug-likeness (QED) is 0.0608. The summed E-state index contributed by atoms with van der Waals surface area (Å²) in [5.74, 6) is -5.25. The van der Waals surface area contributed by atoms with Crippen LogP contribution in [0.15, 0.2) is 12.2 Å². The molecule has 0 saturated heterocycles. The van der Waals surface area contributed by atoms with Gasteiger partial charge in [-0.05, 0) is 52.4 Å². The first-order chi connectivity index (χ1) is 19.0. The van der Waals surface area contributed by atoms with Crippen molar-refractivity contribution < 1.29 is 34.2 Å². The van der Waals surface area contributed by atoms with Crippen LogP contribution in [0.2, 0.25) is 0 Å². The van der Waals surface area contributed by atoms with Crippen LogP contribution in [0.25, 0.3) is 0 Å². The second-order valence-corrected chi connectivity index (χ2v) is 12.3. The first kappa shape index (κ1) is 38.1. The highest BCUT2D eigenvalue weighted by Crippen LogP contribution is 2.22. The van der Waals surface area contributed by atoms with Gasteiger partial charge in [0.1, 0.15) is 11.8 Å². The summed E-state index contributed by atoms with van der Waals surface area (Å²) in [5, 5.41) is 30.5. The molecule has 2 N–H and O–H groups in total. The zero-order valence-electron chi connectivity index (χ0n) is 26.2. The molecule has 0 aliphatic rings. The Kier molecular flexibility index (Phi) is 22.7. The van der Waals surface area contributed by atoms with Crippen molar-refractivity contribution in [1.29, 1.82) is 0 Å². The van der Waals surface area contributed by atoms with Gasteiger partial charge in [0.2, 0.25) is 0 Å². The summed E-state index contributed by atoms with van der Waals surface area (Å²) in [4.78, 5) is 34.7. The van der Waals surface area contributed by atoms with Crippen molar-refractivity contribution in [3.63, 3.8) is 0 Å². The minimum Gasteiger partial charge on any atom is -0.550 e. The molecule has 3 unspecified atom stereocenters. The molecule has 7 heteroatoms. The van der Waals surface area contributed by atoms with Crippen LogP contribution in [0.5, 0.6) is 0 Å². The zero-order chi connectivity index (χ0) is 30.2. The highest BCUT2D eigenvalue weighted by atomic mass is 16.4. The molecular formula is C33H61NO6. The summed E-state index contributed by atoms with van der Waals surface area (Å²) in [6, 6.07) is 0. The number of quaternary nitrogens is 1. The summed E-state index contributed by atoms with van der Waals surface area (Å²) in [5.41, 5.74) is 0. The molecule has 0 bridgehead atoms. The fourth-order valence-electron chi connectivity index (χ4n) is 5.70. The molecule has 234 valence electrons. The highest BCUT2D eigenvalue weighted by molar-refractivity contribution is 5.70. The molecule has 40 heavy (non-hydrogen) atoms. The monoisotopic (exact) mass is 567 g/mol. The van der Waals surface area contributed by atoms with Crippen molar-refractivity contribution in [1.82, 2.24) is 0 Å². The number of carbonyl (C=O) groups is 3. The Bertz CT molecular complexity index is 652. The van der Waals surface area contributed by atoms with Gasteiger partial charge < -0.3 is 24.6 Å².